The summed E-state index contributed by atoms with van der Waals surface area (Å²) in [5.41, 5.74) is 1.43. The number of rotatable bonds is 3. The van der Waals surface area contributed by atoms with E-state index in [1.807, 2.05) is 29.8 Å². The Kier molecular flexibility index (Phi) is 3.83. The molecule has 0 saturated carbocycles. The van der Waals surface area contributed by atoms with Crippen molar-refractivity contribution in [3.8, 4) is 5.75 Å². The van der Waals surface area contributed by atoms with Gasteiger partial charge in [-0.05, 0) is 24.6 Å². The first-order valence-corrected chi connectivity index (χ1v) is 9.26. The van der Waals surface area contributed by atoms with E-state index in [-0.39, 0.29) is 23.5 Å². The fraction of sp³-hybridized carbons (Fsp3) is 0.438. The molecule has 1 atom stereocenters. The molecule has 7 heteroatoms. The molecule has 2 aromatic rings. The zero-order valence-electron chi connectivity index (χ0n) is 13.4. The van der Waals surface area contributed by atoms with Crippen LogP contribution in [0.2, 0.25) is 0 Å². The van der Waals surface area contributed by atoms with Gasteiger partial charge >= 0.3 is 0 Å². The highest BCUT2D eigenvalue weighted by molar-refractivity contribution is 7.91. The zero-order chi connectivity index (χ0) is 16.8. The summed E-state index contributed by atoms with van der Waals surface area (Å²) in [4.78, 5) is 14.3. The molecule has 0 bridgehead atoms. The third-order valence-electron chi connectivity index (χ3n) is 4.56. The molecule has 1 aliphatic rings. The molecular formula is C16H20N2O4S. The molecule has 124 valence electrons. The van der Waals surface area contributed by atoms with Crippen molar-refractivity contribution in [2.45, 2.75) is 12.5 Å². The highest BCUT2D eigenvalue weighted by Gasteiger charge is 2.33. The third kappa shape index (κ3) is 2.69. The second-order valence-corrected chi connectivity index (χ2v) is 8.18. The van der Waals surface area contributed by atoms with Gasteiger partial charge in [0.25, 0.3) is 5.91 Å². The van der Waals surface area contributed by atoms with E-state index in [0.29, 0.717) is 17.9 Å². The molecule has 1 amide bonds. The average molecular weight is 336 g/mol. The minimum atomic E-state index is -3.02. The van der Waals surface area contributed by atoms with E-state index < -0.39 is 9.84 Å². The number of nitrogens with zero attached hydrogens (tertiary/aromatic N) is 2. The van der Waals surface area contributed by atoms with Crippen molar-refractivity contribution >= 4 is 26.6 Å². The van der Waals surface area contributed by atoms with Gasteiger partial charge < -0.3 is 14.2 Å². The fourth-order valence-electron chi connectivity index (χ4n) is 3.14. The number of ether oxygens (including phenoxy) is 1. The monoisotopic (exact) mass is 336 g/mol. The standard InChI is InChI=1S/C16H20N2O4S/c1-17(11-7-8-23(20,21)10-11)16(19)14-9-12-13(18(14)2)5-4-6-15(12)22-3/h4-6,9,11H,7-8,10H2,1-3H3. The fourth-order valence-corrected chi connectivity index (χ4v) is 4.92. The summed E-state index contributed by atoms with van der Waals surface area (Å²) in [7, 11) is 2.07. The summed E-state index contributed by atoms with van der Waals surface area (Å²) in [5.74, 6) is 0.733. The molecule has 0 N–H and O–H groups in total. The highest BCUT2D eigenvalue weighted by Crippen LogP contribution is 2.29. The maximum absolute atomic E-state index is 12.8. The van der Waals surface area contributed by atoms with Gasteiger partial charge in [-0.25, -0.2) is 8.42 Å². The first kappa shape index (κ1) is 15.9. The van der Waals surface area contributed by atoms with Crippen molar-refractivity contribution in [2.75, 3.05) is 25.7 Å². The number of methoxy groups -OCH3 is 1. The molecule has 2 heterocycles. The maximum Gasteiger partial charge on any atom is 0.270 e. The number of fused-ring (bicyclic) bond motifs is 1. The summed E-state index contributed by atoms with van der Waals surface area (Å²) < 4.78 is 30.4. The molecule has 1 aromatic heterocycles. The molecule has 1 aliphatic heterocycles. The van der Waals surface area contributed by atoms with Crippen LogP contribution in [0, 0.1) is 0 Å². The van der Waals surface area contributed by atoms with Crippen LogP contribution in [-0.4, -0.2) is 55.5 Å². The van der Waals surface area contributed by atoms with Gasteiger partial charge in [-0.15, -0.1) is 0 Å². The molecule has 1 fully saturated rings. The molecule has 3 rings (SSSR count). The van der Waals surface area contributed by atoms with Crippen molar-refractivity contribution < 1.29 is 17.9 Å². The lowest BCUT2D eigenvalue weighted by molar-refractivity contribution is 0.0738. The smallest absolute Gasteiger partial charge is 0.270 e. The third-order valence-corrected chi connectivity index (χ3v) is 6.31. The lowest BCUT2D eigenvalue weighted by Gasteiger charge is -2.23. The van der Waals surface area contributed by atoms with E-state index >= 15 is 0 Å². The Labute approximate surface area is 135 Å². The first-order chi connectivity index (χ1) is 10.8. The van der Waals surface area contributed by atoms with Gasteiger partial charge in [0.2, 0.25) is 0 Å². The Bertz CT molecular complexity index is 870. The van der Waals surface area contributed by atoms with Gasteiger partial charge in [-0.3, -0.25) is 4.79 Å². The molecule has 6 nitrogen and oxygen atoms in total. The van der Waals surface area contributed by atoms with Crippen molar-refractivity contribution in [2.24, 2.45) is 7.05 Å². The molecule has 0 spiro atoms. The minimum Gasteiger partial charge on any atom is -0.496 e. The molecule has 1 saturated heterocycles. The second-order valence-electron chi connectivity index (χ2n) is 5.95. The number of hydrogen-bond acceptors (Lipinski definition) is 4. The van der Waals surface area contributed by atoms with E-state index in [4.69, 9.17) is 4.74 Å². The number of aromatic nitrogens is 1. The van der Waals surface area contributed by atoms with Crippen LogP contribution in [0.1, 0.15) is 16.9 Å². The van der Waals surface area contributed by atoms with E-state index in [2.05, 4.69) is 0 Å². The summed E-state index contributed by atoms with van der Waals surface area (Å²) >= 11 is 0. The normalized spacial score (nSPS) is 19.9. The van der Waals surface area contributed by atoms with Crippen molar-refractivity contribution in [1.29, 1.82) is 0 Å². The summed E-state index contributed by atoms with van der Waals surface area (Å²) in [6.45, 7) is 0. The van der Waals surface area contributed by atoms with Crippen molar-refractivity contribution in [1.82, 2.24) is 9.47 Å². The number of hydrogen-bond donors (Lipinski definition) is 0. The largest absolute Gasteiger partial charge is 0.496 e. The first-order valence-electron chi connectivity index (χ1n) is 7.44. The summed E-state index contributed by atoms with van der Waals surface area (Å²) in [5, 5.41) is 0.869. The van der Waals surface area contributed by atoms with Crippen LogP contribution in [0.15, 0.2) is 24.3 Å². The van der Waals surface area contributed by atoms with Gasteiger partial charge in [-0.2, -0.15) is 0 Å². The van der Waals surface area contributed by atoms with E-state index in [0.717, 1.165) is 10.9 Å². The molecular weight excluding hydrogens is 316 g/mol. The Morgan fingerprint density at radius 3 is 2.74 bits per heavy atom. The Morgan fingerprint density at radius 1 is 1.39 bits per heavy atom. The number of carbonyl (C=O) groups is 1. The number of amides is 1. The predicted molar refractivity (Wildman–Crippen MR) is 88.6 cm³/mol. The average Bonchev–Trinajstić information content (AvgIpc) is 3.06. The Balaban J connectivity index is 1.97. The molecule has 23 heavy (non-hydrogen) atoms. The molecule has 0 aliphatic carbocycles. The van der Waals surface area contributed by atoms with Crippen LogP contribution in [0.3, 0.4) is 0 Å². The topological polar surface area (TPSA) is 68.6 Å². The van der Waals surface area contributed by atoms with Crippen LogP contribution in [0.5, 0.6) is 5.75 Å². The predicted octanol–water partition coefficient (Wildman–Crippen LogP) is 1.45. The Morgan fingerprint density at radius 2 is 2.13 bits per heavy atom. The molecule has 0 radical (unpaired) electrons. The SMILES string of the molecule is COc1cccc2c1cc(C(=O)N(C)C1CCS(=O)(=O)C1)n2C. The summed E-state index contributed by atoms with van der Waals surface area (Å²) in [6, 6.07) is 7.20. The number of aryl methyl sites for hydroxylation is 1. The lowest BCUT2D eigenvalue weighted by Crippen LogP contribution is -2.38. The highest BCUT2D eigenvalue weighted by atomic mass is 32.2. The zero-order valence-corrected chi connectivity index (χ0v) is 14.3. The maximum atomic E-state index is 12.8. The van der Waals surface area contributed by atoms with Crippen molar-refractivity contribution in [3.63, 3.8) is 0 Å². The second kappa shape index (κ2) is 5.56. The van der Waals surface area contributed by atoms with Crippen LogP contribution < -0.4 is 4.74 Å². The van der Waals surface area contributed by atoms with Crippen LogP contribution in [-0.2, 0) is 16.9 Å². The lowest BCUT2D eigenvalue weighted by atomic mass is 10.2. The van der Waals surface area contributed by atoms with Crippen LogP contribution in [0.25, 0.3) is 10.9 Å². The van der Waals surface area contributed by atoms with Gasteiger partial charge in [0.15, 0.2) is 9.84 Å². The van der Waals surface area contributed by atoms with Crippen LogP contribution >= 0.6 is 0 Å². The van der Waals surface area contributed by atoms with Crippen LogP contribution in [0.4, 0.5) is 0 Å². The number of benzene rings is 1. The van der Waals surface area contributed by atoms with E-state index in [9.17, 15) is 13.2 Å². The van der Waals surface area contributed by atoms with Gasteiger partial charge in [0.1, 0.15) is 11.4 Å². The molecule has 1 aromatic carbocycles. The van der Waals surface area contributed by atoms with Gasteiger partial charge in [-0.1, -0.05) is 6.07 Å². The number of carbonyl (C=O) groups excluding carboxylic acids is 1. The quantitative estimate of drug-likeness (QED) is 0.851. The van der Waals surface area contributed by atoms with E-state index in [1.165, 1.54) is 0 Å². The Hall–Kier alpha value is -2.02. The number of sulfone groups is 1. The molecule has 1 unspecified atom stereocenters. The van der Waals surface area contributed by atoms with Gasteiger partial charge in [0, 0.05) is 25.5 Å². The van der Waals surface area contributed by atoms with E-state index in [1.54, 1.807) is 25.1 Å². The van der Waals surface area contributed by atoms with Gasteiger partial charge in [0.05, 0.1) is 24.1 Å². The summed E-state index contributed by atoms with van der Waals surface area (Å²) in [6.07, 6.45) is 0.498. The minimum absolute atomic E-state index is 0.0442. The van der Waals surface area contributed by atoms with Crippen molar-refractivity contribution in [3.05, 3.63) is 30.0 Å².